The van der Waals surface area contributed by atoms with E-state index < -0.39 is 162 Å². The molecule has 2 saturated heterocycles. The molecular weight excluding hydrogens is 1330 g/mol. The molecule has 4 rings (SSSR count). The van der Waals surface area contributed by atoms with Gasteiger partial charge in [0.2, 0.25) is 65.0 Å². The number of carbonyl (C=O) groups is 12. The zero-order valence-corrected chi connectivity index (χ0v) is 65.2. The Kier molecular flexibility index (Phi) is 35.1. The maximum absolute atomic E-state index is 15.5. The van der Waals surface area contributed by atoms with Gasteiger partial charge >= 0.3 is 0 Å². The Hall–Kier alpha value is -8.30. The highest BCUT2D eigenvalue weighted by Crippen LogP contribution is 2.25. The van der Waals surface area contributed by atoms with Crippen molar-refractivity contribution in [2.75, 3.05) is 88.3 Å². The first-order valence-electron chi connectivity index (χ1n) is 36.8. The number of benzene rings is 2. The van der Waals surface area contributed by atoms with E-state index >= 15 is 33.6 Å². The van der Waals surface area contributed by atoms with Crippen LogP contribution in [-0.4, -0.2) is 269 Å². The maximum atomic E-state index is 15.5. The maximum Gasteiger partial charge on any atom is 0.268 e. The zero-order valence-electron chi connectivity index (χ0n) is 65.2. The molecule has 27 nitrogen and oxygen atoms in total. The van der Waals surface area contributed by atoms with E-state index in [4.69, 9.17) is 4.74 Å². The Bertz CT molecular complexity index is 3250. The Labute approximate surface area is 616 Å². The Morgan fingerprint density at radius 1 is 0.596 bits per heavy atom. The fraction of sp³-hybridized carbons (Fsp3) is 0.662. The first-order chi connectivity index (χ1) is 48.8. The van der Waals surface area contributed by atoms with Crippen LogP contribution in [0.25, 0.3) is 6.08 Å². The molecule has 2 heterocycles. The molecule has 0 bridgehead atoms. The first-order valence-corrected chi connectivity index (χ1v) is 36.8. The highest BCUT2D eigenvalue weighted by molar-refractivity contribution is 6.05. The Morgan fingerprint density at radius 2 is 1.12 bits per heavy atom. The molecule has 0 saturated carbocycles. The quantitative estimate of drug-likeness (QED) is 0.102. The standard InChI is InChI=1S/C77H122N12O15/c1-20-21-35-89-44-64(93)83(15)58(38-48(2)3)68(95)78-56(72(99)88-36-29-24-30-37-88)43-63(92)82(14)52(10)67(94)79-57(45-104-47-77(12,13)46-90)71(98)86(18)61(40-50(6)7)73(100)85(17)60(41-54-31-25-22-26-32-54)70(97)80-65(51(8)9)75(102)87(19)62(42-55-33-27-23-28-34-55)74(101)84(16)59(39-49(4)5)69(96)81-66(53(11)91)76(89)103/h22-23,25-28,31-34,41,48-53,56-59,61-62,65-66,90-91H,20-21,24,29-30,35-40,42-47H2,1-19H3,(H,78,95)(H,79,94)(H,80,97)(H,81,96)/b60-41-/t52-,53+,56-,57-,58-,59-,61-,62-,65-,66-/m0/s1. The van der Waals surface area contributed by atoms with Gasteiger partial charge in [-0.1, -0.05) is 143 Å². The molecule has 6 N–H and O–H groups in total. The number of hydrogen-bond donors (Lipinski definition) is 6. The third-order valence-electron chi connectivity index (χ3n) is 19.4. The third kappa shape index (κ3) is 25.5. The van der Waals surface area contributed by atoms with Crippen molar-refractivity contribution < 1.29 is 72.5 Å². The number of likely N-dealkylation sites (N-methyl/N-ethyl adjacent to an activating group) is 6. The minimum Gasteiger partial charge on any atom is -0.396 e. The number of ether oxygens (including phenoxy) is 1. The number of aliphatic hydroxyl groups is 2. The molecule has 0 radical (unpaired) electrons. The van der Waals surface area contributed by atoms with E-state index in [1.54, 1.807) is 93.3 Å². The molecule has 104 heavy (non-hydrogen) atoms. The summed E-state index contributed by atoms with van der Waals surface area (Å²) in [6, 6.07) is 4.72. The minimum atomic E-state index is -1.68. The molecule has 10 atom stereocenters. The lowest BCUT2D eigenvalue weighted by Gasteiger charge is -2.38. The van der Waals surface area contributed by atoms with Gasteiger partial charge in [-0.25, -0.2) is 0 Å². The number of unbranched alkanes of at least 4 members (excludes halogenated alkanes) is 1. The highest BCUT2D eigenvalue weighted by atomic mass is 16.5. The third-order valence-corrected chi connectivity index (χ3v) is 19.4. The second-order valence-electron chi connectivity index (χ2n) is 30.6. The van der Waals surface area contributed by atoms with E-state index in [0.29, 0.717) is 49.9 Å². The average Bonchev–Trinajstić information content (AvgIpc) is 0.790. The predicted octanol–water partition coefficient (Wildman–Crippen LogP) is 4.08. The van der Waals surface area contributed by atoms with Crippen LogP contribution in [0.4, 0.5) is 0 Å². The van der Waals surface area contributed by atoms with E-state index in [0.717, 1.165) is 21.1 Å². The van der Waals surface area contributed by atoms with Gasteiger partial charge in [0.1, 0.15) is 60.1 Å². The van der Waals surface area contributed by atoms with Crippen molar-refractivity contribution in [1.82, 2.24) is 60.5 Å². The largest absolute Gasteiger partial charge is 0.396 e. The summed E-state index contributed by atoms with van der Waals surface area (Å²) in [4.78, 5) is 191. The molecule has 2 aromatic rings. The lowest BCUT2D eigenvalue weighted by Crippen LogP contribution is -2.62. The van der Waals surface area contributed by atoms with Crippen molar-refractivity contribution in [2.24, 2.45) is 29.1 Å². The summed E-state index contributed by atoms with van der Waals surface area (Å²) in [5.74, 6) is -10.6. The summed E-state index contributed by atoms with van der Waals surface area (Å²) in [6.07, 6.45) is 2.37. The van der Waals surface area contributed by atoms with Gasteiger partial charge in [0.05, 0.1) is 38.9 Å². The van der Waals surface area contributed by atoms with Crippen molar-refractivity contribution >= 4 is 77.0 Å². The van der Waals surface area contributed by atoms with Crippen LogP contribution in [0.5, 0.6) is 0 Å². The van der Waals surface area contributed by atoms with Crippen molar-refractivity contribution in [1.29, 1.82) is 0 Å². The summed E-state index contributed by atoms with van der Waals surface area (Å²) in [5, 5.41) is 32.8. The van der Waals surface area contributed by atoms with Crippen LogP contribution >= 0.6 is 0 Å². The second-order valence-corrected chi connectivity index (χ2v) is 30.6. The van der Waals surface area contributed by atoms with E-state index in [2.05, 4.69) is 21.3 Å². The van der Waals surface area contributed by atoms with Gasteiger partial charge in [0.15, 0.2) is 0 Å². The van der Waals surface area contributed by atoms with Crippen LogP contribution in [0.3, 0.4) is 0 Å². The molecule has 27 heteroatoms. The van der Waals surface area contributed by atoms with Crippen molar-refractivity contribution in [2.45, 2.75) is 215 Å². The number of amides is 12. The molecule has 2 aliphatic rings. The fourth-order valence-electron chi connectivity index (χ4n) is 12.5. The van der Waals surface area contributed by atoms with Crippen LogP contribution in [0.15, 0.2) is 66.4 Å². The number of nitrogens with one attached hydrogen (secondary N) is 4. The molecule has 0 unspecified atom stereocenters. The molecule has 2 fully saturated rings. The molecule has 0 spiro atoms. The number of piperidine rings is 1. The summed E-state index contributed by atoms with van der Waals surface area (Å²) >= 11 is 0. The van der Waals surface area contributed by atoms with E-state index in [-0.39, 0.29) is 68.9 Å². The van der Waals surface area contributed by atoms with Crippen molar-refractivity contribution in [3.63, 3.8) is 0 Å². The lowest BCUT2D eigenvalue weighted by molar-refractivity contribution is -0.151. The Balaban J connectivity index is 2.03. The van der Waals surface area contributed by atoms with Crippen LogP contribution in [-0.2, 0) is 68.7 Å². The van der Waals surface area contributed by atoms with Crippen molar-refractivity contribution in [3.8, 4) is 0 Å². The molecule has 2 aliphatic heterocycles. The number of rotatable bonds is 20. The van der Waals surface area contributed by atoms with Gasteiger partial charge in [0.25, 0.3) is 5.91 Å². The van der Waals surface area contributed by atoms with Gasteiger partial charge < -0.3 is 75.4 Å². The van der Waals surface area contributed by atoms with Gasteiger partial charge in [-0.15, -0.1) is 0 Å². The minimum absolute atomic E-state index is 0.0241. The topological polar surface area (TPSA) is 329 Å². The van der Waals surface area contributed by atoms with Crippen LogP contribution in [0, 0.1) is 29.1 Å². The van der Waals surface area contributed by atoms with Crippen LogP contribution in [0.1, 0.15) is 159 Å². The van der Waals surface area contributed by atoms with Gasteiger partial charge in [-0.2, -0.15) is 0 Å². The number of hydrogen-bond acceptors (Lipinski definition) is 15. The normalized spacial score (nSPS) is 24.4. The summed E-state index contributed by atoms with van der Waals surface area (Å²) in [7, 11) is 8.27. The van der Waals surface area contributed by atoms with Crippen LogP contribution in [0.2, 0.25) is 0 Å². The molecule has 0 aromatic heterocycles. The summed E-state index contributed by atoms with van der Waals surface area (Å²) in [5.41, 5.74) is 0.0590. The summed E-state index contributed by atoms with van der Waals surface area (Å²) < 4.78 is 6.06. The van der Waals surface area contributed by atoms with Crippen molar-refractivity contribution in [3.05, 3.63) is 77.5 Å². The monoisotopic (exact) mass is 1450 g/mol. The zero-order chi connectivity index (χ0) is 78.2. The SMILES string of the molecule is CCCCN1CC(=O)N(C)[C@@H](CC(C)C)C(=O)N[C@H](C(=O)N2CCCCC2)CC(=O)N(C)[C@@H](C)C(=O)N[C@@H](COCC(C)(C)CO)C(=O)N(C)[C@@H](CC(C)C)C(=O)N(C)/C(=C\c2ccccc2)C(=O)N[C@@H](C(C)C)C(=O)N(C)[C@@H](Cc2ccccc2)C(=O)N(C)[C@@H](CC(C)C)C(=O)N[C@@H]([C@@H](C)O)C1=O. The lowest BCUT2D eigenvalue weighted by atomic mass is 9.96. The molecule has 2 aromatic carbocycles. The average molecular weight is 1460 g/mol. The molecular formula is C77H122N12O15. The number of nitrogens with zero attached hydrogens (tertiary/aromatic N) is 8. The number of carbonyl (C=O) groups excluding carboxylic acids is 12. The van der Waals surface area contributed by atoms with Crippen LogP contribution < -0.4 is 21.3 Å². The number of aliphatic hydroxyl groups excluding tert-OH is 2. The first kappa shape index (κ1) is 88.1. The van der Waals surface area contributed by atoms with E-state index in [1.807, 2.05) is 48.5 Å². The molecule has 12 amide bonds. The smallest absolute Gasteiger partial charge is 0.268 e. The molecule has 0 aliphatic carbocycles. The van der Waals surface area contributed by atoms with Gasteiger partial charge in [-0.3, -0.25) is 57.5 Å². The predicted molar refractivity (Wildman–Crippen MR) is 397 cm³/mol. The number of likely N-dealkylation sites (tertiary alicyclic amines) is 1. The molecule has 580 valence electrons. The fourth-order valence-corrected chi connectivity index (χ4v) is 12.5. The van der Waals surface area contributed by atoms with Gasteiger partial charge in [0, 0.05) is 73.8 Å². The van der Waals surface area contributed by atoms with E-state index in [9.17, 15) is 34.2 Å². The van der Waals surface area contributed by atoms with E-state index in [1.165, 1.54) is 81.8 Å². The second kappa shape index (κ2) is 41.4. The van der Waals surface area contributed by atoms with Gasteiger partial charge in [-0.05, 0) is 99.7 Å². The summed E-state index contributed by atoms with van der Waals surface area (Å²) in [6.45, 7) is 21.5. The Morgan fingerprint density at radius 3 is 1.66 bits per heavy atom. The highest BCUT2D eigenvalue weighted by Gasteiger charge is 2.44.